The molecule has 2 atom stereocenters. The van der Waals surface area contributed by atoms with Crippen LogP contribution in [0.4, 0.5) is 5.69 Å². The van der Waals surface area contributed by atoms with E-state index >= 15 is 0 Å². The summed E-state index contributed by atoms with van der Waals surface area (Å²) in [6.45, 7) is 2.69. The lowest BCUT2D eigenvalue weighted by molar-refractivity contribution is -0.141. The number of carbonyl (C=O) groups excluding carboxylic acids is 2. The molecule has 0 radical (unpaired) electrons. The summed E-state index contributed by atoms with van der Waals surface area (Å²) >= 11 is 0. The van der Waals surface area contributed by atoms with Crippen LogP contribution in [0.5, 0.6) is 5.75 Å². The third kappa shape index (κ3) is 2.37. The van der Waals surface area contributed by atoms with Gasteiger partial charge in [-0.3, -0.25) is 14.5 Å². The Morgan fingerprint density at radius 3 is 2.52 bits per heavy atom. The fraction of sp³-hybridized carbons (Fsp3) is 0.500. The Bertz CT molecular complexity index is 563. The molecule has 3 rings (SSSR count). The van der Waals surface area contributed by atoms with Crippen LogP contribution in [0.2, 0.25) is 0 Å². The number of nitrogens with zero attached hydrogens (tertiary/aromatic N) is 1. The van der Waals surface area contributed by atoms with Gasteiger partial charge in [-0.25, -0.2) is 0 Å². The van der Waals surface area contributed by atoms with Gasteiger partial charge in [0, 0.05) is 11.3 Å². The number of hydrogen-bond acceptors (Lipinski definition) is 4. The number of ether oxygens (including phenoxy) is 1. The first-order valence-corrected chi connectivity index (χ1v) is 7.48. The maximum atomic E-state index is 12.4. The van der Waals surface area contributed by atoms with Crippen molar-refractivity contribution in [2.24, 2.45) is 11.8 Å². The molecule has 1 saturated carbocycles. The molecule has 0 bridgehead atoms. The van der Waals surface area contributed by atoms with Crippen LogP contribution < -0.4 is 10.5 Å². The van der Waals surface area contributed by atoms with Gasteiger partial charge in [0.25, 0.3) is 0 Å². The molecule has 21 heavy (non-hydrogen) atoms. The standard InChI is InChI=1S/C16H20N2O3/c1-2-21-14-7-6-11(17)8-10(14)9-18-15(19)12-4-3-5-13(12)16(18)20/h6-8,12-13H,2-5,9,17H2,1H3. The zero-order valence-electron chi connectivity index (χ0n) is 12.2. The monoisotopic (exact) mass is 288 g/mol. The van der Waals surface area contributed by atoms with E-state index in [0.717, 1.165) is 24.8 Å². The minimum Gasteiger partial charge on any atom is -0.494 e. The molecule has 1 aliphatic carbocycles. The quantitative estimate of drug-likeness (QED) is 0.679. The van der Waals surface area contributed by atoms with Crippen LogP contribution in [-0.4, -0.2) is 23.3 Å². The molecule has 0 aromatic heterocycles. The number of hydrogen-bond donors (Lipinski definition) is 1. The van der Waals surface area contributed by atoms with E-state index in [2.05, 4.69) is 0 Å². The van der Waals surface area contributed by atoms with Gasteiger partial charge < -0.3 is 10.5 Å². The summed E-state index contributed by atoms with van der Waals surface area (Å²) in [6.07, 6.45) is 2.64. The maximum absolute atomic E-state index is 12.4. The van der Waals surface area contributed by atoms with Crippen molar-refractivity contribution in [2.45, 2.75) is 32.7 Å². The Morgan fingerprint density at radius 2 is 1.90 bits per heavy atom. The number of anilines is 1. The van der Waals surface area contributed by atoms with E-state index in [-0.39, 0.29) is 30.2 Å². The van der Waals surface area contributed by atoms with E-state index in [9.17, 15) is 9.59 Å². The number of likely N-dealkylation sites (tertiary alicyclic amines) is 1. The van der Waals surface area contributed by atoms with Crippen LogP contribution in [0.1, 0.15) is 31.7 Å². The fourth-order valence-electron chi connectivity index (χ4n) is 3.41. The number of nitrogen functional groups attached to an aromatic ring is 1. The molecule has 2 N–H and O–H groups in total. The third-order valence-electron chi connectivity index (χ3n) is 4.40. The second-order valence-corrected chi connectivity index (χ2v) is 5.71. The molecule has 1 aromatic rings. The maximum Gasteiger partial charge on any atom is 0.233 e. The molecule has 2 aliphatic rings. The number of rotatable bonds is 4. The largest absolute Gasteiger partial charge is 0.494 e. The molecule has 1 aliphatic heterocycles. The molecule has 0 spiro atoms. The molecule has 2 fully saturated rings. The number of imide groups is 1. The van der Waals surface area contributed by atoms with Crippen LogP contribution in [0.3, 0.4) is 0 Å². The van der Waals surface area contributed by atoms with Crippen molar-refractivity contribution in [1.29, 1.82) is 0 Å². The van der Waals surface area contributed by atoms with Crippen molar-refractivity contribution in [2.75, 3.05) is 12.3 Å². The molecule has 2 unspecified atom stereocenters. The van der Waals surface area contributed by atoms with E-state index in [1.54, 1.807) is 18.2 Å². The summed E-state index contributed by atoms with van der Waals surface area (Å²) < 4.78 is 5.56. The van der Waals surface area contributed by atoms with Crippen molar-refractivity contribution in [3.8, 4) is 5.75 Å². The minimum absolute atomic E-state index is 0.0348. The van der Waals surface area contributed by atoms with Gasteiger partial charge in [-0.15, -0.1) is 0 Å². The van der Waals surface area contributed by atoms with E-state index in [4.69, 9.17) is 10.5 Å². The van der Waals surface area contributed by atoms with Crippen LogP contribution in [0.15, 0.2) is 18.2 Å². The smallest absolute Gasteiger partial charge is 0.233 e. The Kier molecular flexibility index (Phi) is 3.57. The average molecular weight is 288 g/mol. The van der Waals surface area contributed by atoms with Crippen LogP contribution in [0.25, 0.3) is 0 Å². The first-order chi connectivity index (χ1) is 10.1. The lowest BCUT2D eigenvalue weighted by Crippen LogP contribution is -2.31. The van der Waals surface area contributed by atoms with Gasteiger partial charge in [-0.2, -0.15) is 0 Å². The van der Waals surface area contributed by atoms with Crippen molar-refractivity contribution in [3.63, 3.8) is 0 Å². The van der Waals surface area contributed by atoms with Crippen molar-refractivity contribution in [3.05, 3.63) is 23.8 Å². The number of carbonyl (C=O) groups is 2. The lowest BCUT2D eigenvalue weighted by atomic mass is 10.00. The Balaban J connectivity index is 1.85. The highest BCUT2D eigenvalue weighted by molar-refractivity contribution is 6.05. The summed E-state index contributed by atoms with van der Waals surface area (Å²) in [4.78, 5) is 26.2. The average Bonchev–Trinajstić information content (AvgIpc) is 3.02. The summed E-state index contributed by atoms with van der Waals surface area (Å²) in [5, 5.41) is 0. The van der Waals surface area contributed by atoms with Crippen molar-refractivity contribution in [1.82, 2.24) is 4.90 Å². The first-order valence-electron chi connectivity index (χ1n) is 7.48. The Labute approximate surface area is 124 Å². The van der Waals surface area contributed by atoms with Gasteiger partial charge in [0.15, 0.2) is 0 Å². The molecule has 5 nitrogen and oxygen atoms in total. The second-order valence-electron chi connectivity index (χ2n) is 5.71. The van der Waals surface area contributed by atoms with E-state index < -0.39 is 0 Å². The summed E-state index contributed by atoms with van der Waals surface area (Å²) in [5.41, 5.74) is 7.21. The molecule has 112 valence electrons. The summed E-state index contributed by atoms with van der Waals surface area (Å²) in [5.74, 6) is 0.410. The number of fused-ring (bicyclic) bond motifs is 1. The van der Waals surface area contributed by atoms with E-state index in [1.165, 1.54) is 4.90 Å². The van der Waals surface area contributed by atoms with E-state index in [0.29, 0.717) is 18.0 Å². The predicted octanol–water partition coefficient (Wildman–Crippen LogP) is 1.95. The Hall–Kier alpha value is -2.04. The number of amides is 2. The summed E-state index contributed by atoms with van der Waals surface area (Å²) in [6, 6.07) is 5.33. The molecule has 1 aromatic carbocycles. The third-order valence-corrected chi connectivity index (χ3v) is 4.40. The van der Waals surface area contributed by atoms with Crippen LogP contribution >= 0.6 is 0 Å². The Morgan fingerprint density at radius 1 is 1.24 bits per heavy atom. The van der Waals surface area contributed by atoms with Crippen LogP contribution in [-0.2, 0) is 16.1 Å². The van der Waals surface area contributed by atoms with Gasteiger partial charge in [0.2, 0.25) is 11.8 Å². The molecule has 1 saturated heterocycles. The molecule has 1 heterocycles. The summed E-state index contributed by atoms with van der Waals surface area (Å²) in [7, 11) is 0. The van der Waals surface area contributed by atoms with Gasteiger partial charge >= 0.3 is 0 Å². The highest BCUT2D eigenvalue weighted by atomic mass is 16.5. The van der Waals surface area contributed by atoms with Crippen molar-refractivity contribution >= 4 is 17.5 Å². The zero-order valence-corrected chi connectivity index (χ0v) is 12.2. The van der Waals surface area contributed by atoms with Gasteiger partial charge in [0.1, 0.15) is 5.75 Å². The molecular formula is C16H20N2O3. The SMILES string of the molecule is CCOc1ccc(N)cc1CN1C(=O)C2CCCC2C1=O. The van der Waals surface area contributed by atoms with Crippen molar-refractivity contribution < 1.29 is 14.3 Å². The fourth-order valence-corrected chi connectivity index (χ4v) is 3.41. The normalized spacial score (nSPS) is 24.5. The molecule has 2 amide bonds. The molecular weight excluding hydrogens is 268 g/mol. The first kappa shape index (κ1) is 13.9. The highest BCUT2D eigenvalue weighted by Gasteiger charge is 2.49. The van der Waals surface area contributed by atoms with Gasteiger partial charge in [-0.05, 0) is 38.0 Å². The predicted molar refractivity (Wildman–Crippen MR) is 78.4 cm³/mol. The van der Waals surface area contributed by atoms with Gasteiger partial charge in [0.05, 0.1) is 25.0 Å². The highest BCUT2D eigenvalue weighted by Crippen LogP contribution is 2.40. The zero-order chi connectivity index (χ0) is 15.0. The van der Waals surface area contributed by atoms with Gasteiger partial charge in [-0.1, -0.05) is 6.42 Å². The number of nitrogens with two attached hydrogens (primary N) is 1. The minimum atomic E-state index is -0.103. The number of benzene rings is 1. The van der Waals surface area contributed by atoms with Crippen LogP contribution in [0, 0.1) is 11.8 Å². The molecule has 5 heteroatoms. The second kappa shape index (κ2) is 5.39. The topological polar surface area (TPSA) is 72.6 Å². The van der Waals surface area contributed by atoms with E-state index in [1.807, 2.05) is 6.92 Å². The lowest BCUT2D eigenvalue weighted by Gasteiger charge is -2.18.